The van der Waals surface area contributed by atoms with Crippen LogP contribution in [0.5, 0.6) is 0 Å². The molecule has 128 valence electrons. The van der Waals surface area contributed by atoms with Crippen molar-refractivity contribution in [2.24, 2.45) is 5.92 Å². The number of nitrogens with zero attached hydrogens (tertiary/aromatic N) is 1. The molecule has 0 radical (unpaired) electrons. The second-order valence-electron chi connectivity index (χ2n) is 6.76. The highest BCUT2D eigenvalue weighted by Crippen LogP contribution is 2.28. The summed E-state index contributed by atoms with van der Waals surface area (Å²) < 4.78 is 0. The van der Waals surface area contributed by atoms with Crippen molar-refractivity contribution in [2.75, 3.05) is 25.5 Å². The van der Waals surface area contributed by atoms with E-state index in [-0.39, 0.29) is 12.5 Å². The maximum atomic E-state index is 12.3. The number of aliphatic hydroxyl groups is 1. The van der Waals surface area contributed by atoms with E-state index in [0.717, 1.165) is 36.8 Å². The van der Waals surface area contributed by atoms with Crippen molar-refractivity contribution in [1.29, 1.82) is 0 Å². The summed E-state index contributed by atoms with van der Waals surface area (Å²) in [5.74, 6) is 0.396. The van der Waals surface area contributed by atoms with E-state index < -0.39 is 0 Å². The molecule has 1 aliphatic carbocycles. The molecule has 1 fully saturated rings. The Labute approximate surface area is 143 Å². The number of hydrogen-bond acceptors (Lipinski definition) is 3. The molecule has 1 aromatic rings. The molecule has 0 unspecified atom stereocenters. The van der Waals surface area contributed by atoms with Gasteiger partial charge in [0.15, 0.2) is 0 Å². The van der Waals surface area contributed by atoms with Gasteiger partial charge >= 0.3 is 0 Å². The number of aliphatic hydroxyl groups excluding tert-OH is 1. The largest absolute Gasteiger partial charge is 0.396 e. The first-order valence-electron chi connectivity index (χ1n) is 8.28. The summed E-state index contributed by atoms with van der Waals surface area (Å²) in [6, 6.07) is 4.30. The number of carbonyl (C=O) groups excluding carboxylic acids is 1. The van der Waals surface area contributed by atoms with Crippen LogP contribution in [0.3, 0.4) is 0 Å². The van der Waals surface area contributed by atoms with Crippen LogP contribution >= 0.6 is 11.6 Å². The number of benzene rings is 1. The Hall–Kier alpha value is -1.10. The van der Waals surface area contributed by atoms with Crippen LogP contribution < -0.4 is 5.32 Å². The number of rotatable bonds is 5. The summed E-state index contributed by atoms with van der Waals surface area (Å²) in [5, 5.41) is 12.7. The molecule has 2 N–H and O–H groups in total. The van der Waals surface area contributed by atoms with E-state index in [1.165, 1.54) is 0 Å². The van der Waals surface area contributed by atoms with Gasteiger partial charge in [-0.25, -0.2) is 0 Å². The minimum absolute atomic E-state index is 0.0364. The van der Waals surface area contributed by atoms with Gasteiger partial charge in [-0.1, -0.05) is 17.7 Å². The predicted molar refractivity (Wildman–Crippen MR) is 95.0 cm³/mol. The van der Waals surface area contributed by atoms with Gasteiger partial charge in [0, 0.05) is 12.6 Å². The van der Waals surface area contributed by atoms with Crippen molar-refractivity contribution in [3.8, 4) is 0 Å². The van der Waals surface area contributed by atoms with Crippen LogP contribution in [0.1, 0.15) is 36.8 Å². The molecular formula is C18H27ClN2O2. The van der Waals surface area contributed by atoms with Crippen molar-refractivity contribution in [1.82, 2.24) is 4.90 Å². The van der Waals surface area contributed by atoms with Crippen molar-refractivity contribution >= 4 is 23.2 Å². The number of anilines is 1. The van der Waals surface area contributed by atoms with Crippen LogP contribution in [-0.4, -0.2) is 42.2 Å². The molecule has 0 atom stereocenters. The van der Waals surface area contributed by atoms with Gasteiger partial charge in [0.1, 0.15) is 0 Å². The summed E-state index contributed by atoms with van der Waals surface area (Å²) in [5.41, 5.74) is 2.78. The van der Waals surface area contributed by atoms with Crippen LogP contribution in [0, 0.1) is 19.8 Å². The molecule has 0 aliphatic heterocycles. The predicted octanol–water partition coefficient (Wildman–Crippen LogP) is 3.38. The Morgan fingerprint density at radius 2 is 1.96 bits per heavy atom. The Balaban J connectivity index is 1.90. The highest BCUT2D eigenvalue weighted by Gasteiger charge is 2.24. The second-order valence-corrected chi connectivity index (χ2v) is 7.17. The zero-order valence-corrected chi connectivity index (χ0v) is 15.0. The quantitative estimate of drug-likeness (QED) is 0.865. The summed E-state index contributed by atoms with van der Waals surface area (Å²) in [6.07, 6.45) is 4.16. The van der Waals surface area contributed by atoms with Crippen LogP contribution in [-0.2, 0) is 4.79 Å². The highest BCUT2D eigenvalue weighted by atomic mass is 35.5. The lowest BCUT2D eigenvalue weighted by atomic mass is 9.86. The molecule has 0 aromatic heterocycles. The molecule has 0 heterocycles. The number of amides is 1. The third-order valence-corrected chi connectivity index (χ3v) is 5.09. The zero-order chi connectivity index (χ0) is 17.0. The fourth-order valence-corrected chi connectivity index (χ4v) is 3.75. The third-order valence-electron chi connectivity index (χ3n) is 4.79. The molecule has 1 saturated carbocycles. The van der Waals surface area contributed by atoms with Crippen LogP contribution in [0.4, 0.5) is 5.69 Å². The lowest BCUT2D eigenvalue weighted by Crippen LogP contribution is -2.40. The first kappa shape index (κ1) is 18.2. The van der Waals surface area contributed by atoms with Gasteiger partial charge in [-0.3, -0.25) is 9.69 Å². The number of likely N-dealkylation sites (N-methyl/N-ethyl adjacent to an activating group) is 1. The summed E-state index contributed by atoms with van der Waals surface area (Å²) in [4.78, 5) is 14.4. The Kier molecular flexibility index (Phi) is 6.45. The molecule has 1 amide bonds. The average molecular weight is 339 g/mol. The summed E-state index contributed by atoms with van der Waals surface area (Å²) in [6.45, 7) is 4.58. The normalized spacial score (nSPS) is 21.5. The summed E-state index contributed by atoms with van der Waals surface area (Å²) in [7, 11) is 1.99. The monoisotopic (exact) mass is 338 g/mol. The number of carbonyl (C=O) groups is 1. The fraction of sp³-hybridized carbons (Fsp3) is 0.611. The van der Waals surface area contributed by atoms with E-state index >= 15 is 0 Å². The Bertz CT molecular complexity index is 531. The van der Waals surface area contributed by atoms with E-state index in [0.29, 0.717) is 29.2 Å². The molecule has 23 heavy (non-hydrogen) atoms. The molecule has 0 saturated heterocycles. The van der Waals surface area contributed by atoms with E-state index in [9.17, 15) is 9.90 Å². The van der Waals surface area contributed by atoms with Gasteiger partial charge in [0.25, 0.3) is 0 Å². The second kappa shape index (κ2) is 8.13. The van der Waals surface area contributed by atoms with Crippen molar-refractivity contribution in [2.45, 2.75) is 45.6 Å². The lowest BCUT2D eigenvalue weighted by Gasteiger charge is -2.33. The lowest BCUT2D eigenvalue weighted by molar-refractivity contribution is -0.117. The van der Waals surface area contributed by atoms with Crippen LogP contribution in [0.25, 0.3) is 0 Å². The Morgan fingerprint density at radius 1 is 1.30 bits per heavy atom. The van der Waals surface area contributed by atoms with Gasteiger partial charge in [-0.15, -0.1) is 0 Å². The van der Waals surface area contributed by atoms with Crippen LogP contribution in [0.15, 0.2) is 12.1 Å². The summed E-state index contributed by atoms with van der Waals surface area (Å²) >= 11 is 6.24. The number of aryl methyl sites for hydroxylation is 2. The molecule has 1 aromatic carbocycles. The van der Waals surface area contributed by atoms with E-state index in [2.05, 4.69) is 10.2 Å². The number of nitrogens with one attached hydrogen (secondary N) is 1. The van der Waals surface area contributed by atoms with Gasteiger partial charge in [-0.2, -0.15) is 0 Å². The SMILES string of the molecule is Cc1cc(C)c(NC(=O)CN(C)C2CCC(CO)CC2)c(Cl)c1. The first-order valence-corrected chi connectivity index (χ1v) is 8.66. The molecule has 4 nitrogen and oxygen atoms in total. The van der Waals surface area contributed by atoms with Crippen molar-refractivity contribution < 1.29 is 9.90 Å². The van der Waals surface area contributed by atoms with Crippen molar-refractivity contribution in [3.63, 3.8) is 0 Å². The van der Waals surface area contributed by atoms with E-state index in [4.69, 9.17) is 11.6 Å². The molecule has 2 rings (SSSR count). The average Bonchev–Trinajstić information content (AvgIpc) is 2.51. The maximum absolute atomic E-state index is 12.3. The topological polar surface area (TPSA) is 52.6 Å². The molecule has 0 bridgehead atoms. The molecule has 0 spiro atoms. The van der Waals surface area contributed by atoms with Gasteiger partial charge in [0.05, 0.1) is 17.3 Å². The van der Waals surface area contributed by atoms with E-state index in [1.807, 2.05) is 33.0 Å². The number of hydrogen-bond donors (Lipinski definition) is 2. The third kappa shape index (κ3) is 4.93. The molecule has 1 aliphatic rings. The first-order chi connectivity index (χ1) is 10.9. The standard InChI is InChI=1S/C18H27ClN2O2/c1-12-8-13(2)18(16(19)9-12)20-17(23)10-21(3)15-6-4-14(11-22)5-7-15/h8-9,14-15,22H,4-7,10-11H2,1-3H3,(H,20,23). The van der Waals surface area contributed by atoms with Gasteiger partial charge in [0.2, 0.25) is 5.91 Å². The zero-order valence-electron chi connectivity index (χ0n) is 14.2. The highest BCUT2D eigenvalue weighted by molar-refractivity contribution is 6.34. The fourth-order valence-electron chi connectivity index (χ4n) is 3.38. The van der Waals surface area contributed by atoms with Gasteiger partial charge < -0.3 is 10.4 Å². The van der Waals surface area contributed by atoms with E-state index in [1.54, 1.807) is 0 Å². The minimum atomic E-state index is -0.0364. The maximum Gasteiger partial charge on any atom is 0.238 e. The number of halogens is 1. The van der Waals surface area contributed by atoms with Gasteiger partial charge in [-0.05, 0) is 69.7 Å². The van der Waals surface area contributed by atoms with Crippen LogP contribution in [0.2, 0.25) is 5.02 Å². The Morgan fingerprint density at radius 3 is 2.52 bits per heavy atom. The smallest absolute Gasteiger partial charge is 0.238 e. The minimum Gasteiger partial charge on any atom is -0.396 e. The van der Waals surface area contributed by atoms with Crippen molar-refractivity contribution in [3.05, 3.63) is 28.3 Å². The molecular weight excluding hydrogens is 312 g/mol. The molecule has 5 heteroatoms.